The first-order chi connectivity index (χ1) is 12.7. The molecule has 7 heteroatoms. The number of fused-ring (bicyclic) bond motifs is 1. The molecule has 2 aromatic carbocycles. The largest absolute Gasteiger partial charge is 0.458 e. The van der Waals surface area contributed by atoms with Gasteiger partial charge in [0.15, 0.2) is 0 Å². The van der Waals surface area contributed by atoms with Gasteiger partial charge in [0, 0.05) is 30.1 Å². The van der Waals surface area contributed by atoms with Gasteiger partial charge in [-0.05, 0) is 35.9 Å². The Morgan fingerprint density at radius 2 is 1.70 bits per heavy atom. The summed E-state index contributed by atoms with van der Waals surface area (Å²) in [5, 5.41) is 0.267. The van der Waals surface area contributed by atoms with Crippen molar-refractivity contribution in [2.45, 2.75) is 25.9 Å². The van der Waals surface area contributed by atoms with E-state index in [0.29, 0.717) is 18.7 Å². The van der Waals surface area contributed by atoms with Gasteiger partial charge in [0.2, 0.25) is 0 Å². The van der Waals surface area contributed by atoms with E-state index in [0.717, 1.165) is 23.1 Å². The van der Waals surface area contributed by atoms with E-state index < -0.39 is 23.4 Å². The van der Waals surface area contributed by atoms with Crippen LogP contribution in [0.1, 0.15) is 22.5 Å². The highest BCUT2D eigenvalue weighted by molar-refractivity contribution is 5.85. The number of aromatic nitrogens is 2. The van der Waals surface area contributed by atoms with Crippen molar-refractivity contribution >= 4 is 10.8 Å². The molecule has 138 valence electrons. The van der Waals surface area contributed by atoms with E-state index in [9.17, 15) is 22.0 Å². The molecule has 0 aliphatic rings. The third-order valence-electron chi connectivity index (χ3n) is 3.89. The van der Waals surface area contributed by atoms with Gasteiger partial charge in [-0.1, -0.05) is 24.1 Å². The summed E-state index contributed by atoms with van der Waals surface area (Å²) in [7, 11) is 0. The van der Waals surface area contributed by atoms with E-state index in [-0.39, 0.29) is 10.8 Å². The van der Waals surface area contributed by atoms with Crippen molar-refractivity contribution in [3.63, 3.8) is 0 Å². The molecule has 0 bridgehead atoms. The molecule has 0 aliphatic carbocycles. The molecule has 0 aliphatic heterocycles. The van der Waals surface area contributed by atoms with E-state index >= 15 is 0 Å². The third-order valence-corrected chi connectivity index (χ3v) is 3.89. The van der Waals surface area contributed by atoms with Gasteiger partial charge < -0.3 is 0 Å². The average molecular weight is 376 g/mol. The molecule has 0 saturated heterocycles. The predicted molar refractivity (Wildman–Crippen MR) is 91.0 cm³/mol. The highest BCUT2D eigenvalue weighted by atomic mass is 19.4. The normalized spacial score (nSPS) is 11.3. The van der Waals surface area contributed by atoms with E-state index in [2.05, 4.69) is 9.97 Å². The van der Waals surface area contributed by atoms with Crippen LogP contribution in [-0.4, -0.2) is 16.1 Å². The van der Waals surface area contributed by atoms with Crippen LogP contribution in [-0.2, 0) is 12.8 Å². The predicted octanol–water partition coefficient (Wildman–Crippen LogP) is 4.92. The number of hydrogen-bond acceptors (Lipinski definition) is 2. The molecule has 0 unspecified atom stereocenters. The molecule has 3 rings (SSSR count). The maximum absolute atomic E-state index is 14.4. The highest BCUT2D eigenvalue weighted by Crippen LogP contribution is 2.25. The fourth-order valence-corrected chi connectivity index (χ4v) is 2.59. The van der Waals surface area contributed by atoms with Crippen LogP contribution in [0.25, 0.3) is 10.8 Å². The Labute approximate surface area is 152 Å². The minimum atomic E-state index is -4.82. The number of rotatable bonds is 3. The van der Waals surface area contributed by atoms with Crippen LogP contribution in [0.4, 0.5) is 22.0 Å². The summed E-state index contributed by atoms with van der Waals surface area (Å²) in [6, 6.07) is 5.63. The zero-order valence-electron chi connectivity index (χ0n) is 14.2. The smallest absolute Gasteiger partial charge is 0.241 e. The lowest BCUT2D eigenvalue weighted by Gasteiger charge is -2.07. The van der Waals surface area contributed by atoms with Gasteiger partial charge in [0.05, 0.1) is 5.56 Å². The molecule has 27 heavy (non-hydrogen) atoms. The van der Waals surface area contributed by atoms with Gasteiger partial charge >= 0.3 is 6.18 Å². The summed E-state index contributed by atoms with van der Waals surface area (Å²) >= 11 is 0. The van der Waals surface area contributed by atoms with Gasteiger partial charge in [-0.25, -0.2) is 18.7 Å². The summed E-state index contributed by atoms with van der Waals surface area (Å²) in [6.45, 7) is 1.88. The summed E-state index contributed by atoms with van der Waals surface area (Å²) < 4.78 is 65.0. The second kappa shape index (κ2) is 7.31. The molecule has 0 radical (unpaired) electrons. The maximum Gasteiger partial charge on any atom is 0.458 e. The van der Waals surface area contributed by atoms with E-state index in [4.69, 9.17) is 0 Å². The van der Waals surface area contributed by atoms with Crippen LogP contribution in [0, 0.1) is 30.4 Å². The molecular weight excluding hydrogens is 363 g/mol. The van der Waals surface area contributed by atoms with Gasteiger partial charge in [0.1, 0.15) is 17.5 Å². The maximum atomic E-state index is 14.4. The van der Waals surface area contributed by atoms with Crippen LogP contribution in [0.3, 0.4) is 0 Å². The Morgan fingerprint density at radius 1 is 1.00 bits per heavy atom. The second-order valence-electron chi connectivity index (χ2n) is 6.03. The minimum Gasteiger partial charge on any atom is -0.241 e. The fraction of sp³-hybridized carbons (Fsp3) is 0.200. The van der Waals surface area contributed by atoms with Crippen molar-refractivity contribution in [1.82, 2.24) is 9.97 Å². The quantitative estimate of drug-likeness (QED) is 0.479. The van der Waals surface area contributed by atoms with Crippen molar-refractivity contribution in [2.24, 2.45) is 0 Å². The Balaban J connectivity index is 1.89. The number of benzene rings is 2. The Hall–Kier alpha value is -3.01. The molecule has 1 heterocycles. The molecule has 2 nitrogen and oxygen atoms in total. The number of nitrogens with zero attached hydrogens (tertiary/aromatic N) is 2. The molecule has 0 fully saturated rings. The SMILES string of the molecule is Cc1cnc(CCc2ccc3c(F)c(C#CC(F)(F)F)c(F)cc3c2)nc1. The second-order valence-corrected chi connectivity index (χ2v) is 6.03. The third kappa shape index (κ3) is 4.59. The molecule has 0 atom stereocenters. The van der Waals surface area contributed by atoms with Crippen LogP contribution in [0.15, 0.2) is 36.7 Å². The summed E-state index contributed by atoms with van der Waals surface area (Å²) in [5.74, 6) is 0.850. The summed E-state index contributed by atoms with van der Waals surface area (Å²) in [4.78, 5) is 8.40. The lowest BCUT2D eigenvalue weighted by atomic mass is 10.0. The fourth-order valence-electron chi connectivity index (χ4n) is 2.59. The first-order valence-corrected chi connectivity index (χ1v) is 8.01. The molecular formula is C20H13F5N2. The van der Waals surface area contributed by atoms with E-state index in [1.807, 2.05) is 6.92 Å². The van der Waals surface area contributed by atoms with Crippen LogP contribution in [0.5, 0.6) is 0 Å². The lowest BCUT2D eigenvalue weighted by Crippen LogP contribution is -2.03. The van der Waals surface area contributed by atoms with Crippen LogP contribution in [0.2, 0.25) is 0 Å². The van der Waals surface area contributed by atoms with E-state index in [1.165, 1.54) is 12.0 Å². The standard InChI is InChI=1S/C20H13F5N2/c1-12-10-26-18(27-11-12)5-3-13-2-4-15-14(8-13)9-17(21)16(19(15)22)6-7-20(23,24)25/h2,4,8-11H,3,5H2,1H3. The van der Waals surface area contributed by atoms with Crippen molar-refractivity contribution in [3.05, 3.63) is 70.8 Å². The first-order valence-electron chi connectivity index (χ1n) is 8.01. The van der Waals surface area contributed by atoms with Gasteiger partial charge in [-0.3, -0.25) is 0 Å². The number of hydrogen-bond donors (Lipinski definition) is 0. The Morgan fingerprint density at radius 3 is 2.37 bits per heavy atom. The molecule has 1 aromatic heterocycles. The zero-order chi connectivity index (χ0) is 19.6. The minimum absolute atomic E-state index is 0.0122. The Bertz CT molecular complexity index is 1040. The molecule has 0 saturated carbocycles. The average Bonchev–Trinajstić information content (AvgIpc) is 2.60. The van der Waals surface area contributed by atoms with Crippen molar-refractivity contribution in [2.75, 3.05) is 0 Å². The van der Waals surface area contributed by atoms with Crippen LogP contribution >= 0.6 is 0 Å². The Kier molecular flexibility index (Phi) is 5.08. The van der Waals surface area contributed by atoms with Crippen molar-refractivity contribution in [3.8, 4) is 11.8 Å². The van der Waals surface area contributed by atoms with Crippen LogP contribution < -0.4 is 0 Å². The van der Waals surface area contributed by atoms with Gasteiger partial charge in [0.25, 0.3) is 0 Å². The van der Waals surface area contributed by atoms with E-state index in [1.54, 1.807) is 24.5 Å². The molecule has 0 amide bonds. The number of aryl methyl sites for hydroxylation is 3. The zero-order valence-corrected chi connectivity index (χ0v) is 14.2. The molecule has 3 aromatic rings. The highest BCUT2D eigenvalue weighted by Gasteiger charge is 2.24. The first kappa shape index (κ1) is 18.8. The molecule has 0 spiro atoms. The number of alkyl halides is 3. The van der Waals surface area contributed by atoms with Gasteiger partial charge in [-0.15, -0.1) is 0 Å². The number of halogens is 5. The lowest BCUT2D eigenvalue weighted by molar-refractivity contribution is -0.0696. The monoisotopic (exact) mass is 376 g/mol. The summed E-state index contributed by atoms with van der Waals surface area (Å²) in [6.07, 6.45) is -0.312. The topological polar surface area (TPSA) is 25.8 Å². The van der Waals surface area contributed by atoms with Crippen molar-refractivity contribution < 1.29 is 22.0 Å². The molecule has 0 N–H and O–H groups in total. The van der Waals surface area contributed by atoms with Crippen molar-refractivity contribution in [1.29, 1.82) is 0 Å². The van der Waals surface area contributed by atoms with Gasteiger partial charge in [-0.2, -0.15) is 13.2 Å². The summed E-state index contributed by atoms with van der Waals surface area (Å²) in [5.41, 5.74) is 0.861.